The molecule has 0 aromatic carbocycles. The SMILES string of the molecule is COCC(C)NC(=O)CSc1nnc(N2CCC(C)CC2)n1CC1CCCO1. The number of carbonyl (C=O) groups is 1. The summed E-state index contributed by atoms with van der Waals surface area (Å²) < 4.78 is 13.1. The molecule has 0 radical (unpaired) electrons. The minimum absolute atomic E-state index is 0.00578. The van der Waals surface area contributed by atoms with E-state index in [2.05, 4.69) is 31.9 Å². The molecule has 1 aromatic rings. The third kappa shape index (κ3) is 5.84. The van der Waals surface area contributed by atoms with Crippen molar-refractivity contribution in [2.24, 2.45) is 5.92 Å². The molecule has 9 heteroatoms. The molecular formula is C19H33N5O3S. The molecule has 2 atom stereocenters. The Bertz CT molecular complexity index is 627. The second kappa shape index (κ2) is 10.5. The van der Waals surface area contributed by atoms with E-state index in [-0.39, 0.29) is 18.1 Å². The molecule has 2 unspecified atom stereocenters. The maximum atomic E-state index is 12.2. The minimum atomic E-state index is -0.0189. The van der Waals surface area contributed by atoms with Gasteiger partial charge in [-0.1, -0.05) is 18.7 Å². The molecular weight excluding hydrogens is 378 g/mol. The Hall–Kier alpha value is -1.32. The van der Waals surface area contributed by atoms with Gasteiger partial charge in [0.05, 0.1) is 25.0 Å². The van der Waals surface area contributed by atoms with Crippen LogP contribution < -0.4 is 10.2 Å². The lowest BCUT2D eigenvalue weighted by Crippen LogP contribution is -2.37. The van der Waals surface area contributed by atoms with Crippen LogP contribution in [0.25, 0.3) is 0 Å². The number of nitrogens with zero attached hydrogens (tertiary/aromatic N) is 4. The summed E-state index contributed by atoms with van der Waals surface area (Å²) >= 11 is 1.44. The first-order valence-electron chi connectivity index (χ1n) is 10.3. The average molecular weight is 412 g/mol. The lowest BCUT2D eigenvalue weighted by atomic mass is 10.00. The van der Waals surface area contributed by atoms with Crippen LogP contribution in [0.15, 0.2) is 5.16 Å². The quantitative estimate of drug-likeness (QED) is 0.622. The normalized spacial score (nSPS) is 21.8. The van der Waals surface area contributed by atoms with Gasteiger partial charge in [0.25, 0.3) is 0 Å². The third-order valence-corrected chi connectivity index (χ3v) is 6.30. The highest BCUT2D eigenvalue weighted by molar-refractivity contribution is 7.99. The van der Waals surface area contributed by atoms with Crippen molar-refractivity contribution in [3.8, 4) is 0 Å². The van der Waals surface area contributed by atoms with Crippen LogP contribution >= 0.6 is 11.8 Å². The first-order chi connectivity index (χ1) is 13.6. The number of nitrogens with one attached hydrogen (secondary N) is 1. The van der Waals surface area contributed by atoms with Gasteiger partial charge in [-0.2, -0.15) is 0 Å². The number of carbonyl (C=O) groups excluding carboxylic acids is 1. The van der Waals surface area contributed by atoms with E-state index in [1.54, 1.807) is 7.11 Å². The molecule has 3 rings (SSSR count). The van der Waals surface area contributed by atoms with E-state index in [9.17, 15) is 4.79 Å². The summed E-state index contributed by atoms with van der Waals surface area (Å²) in [5, 5.41) is 12.6. The Morgan fingerprint density at radius 3 is 2.82 bits per heavy atom. The van der Waals surface area contributed by atoms with Crippen molar-refractivity contribution in [2.45, 2.75) is 63.4 Å². The van der Waals surface area contributed by atoms with Gasteiger partial charge in [0, 0.05) is 32.8 Å². The second-order valence-corrected chi connectivity index (χ2v) is 8.85. The van der Waals surface area contributed by atoms with Gasteiger partial charge >= 0.3 is 0 Å². The van der Waals surface area contributed by atoms with Crippen LogP contribution in [0.1, 0.15) is 39.5 Å². The van der Waals surface area contributed by atoms with Crippen molar-refractivity contribution in [1.82, 2.24) is 20.1 Å². The molecule has 0 bridgehead atoms. The molecule has 0 saturated carbocycles. The van der Waals surface area contributed by atoms with Crippen LogP contribution in [0.3, 0.4) is 0 Å². The first kappa shape index (κ1) is 21.4. The summed E-state index contributed by atoms with van der Waals surface area (Å²) in [6.45, 7) is 8.32. The summed E-state index contributed by atoms with van der Waals surface area (Å²) in [4.78, 5) is 14.5. The smallest absolute Gasteiger partial charge is 0.230 e. The Labute approximate surface area is 171 Å². The summed E-state index contributed by atoms with van der Waals surface area (Å²) in [6, 6.07) is -0.00578. The van der Waals surface area contributed by atoms with Crippen molar-refractivity contribution in [3.05, 3.63) is 0 Å². The minimum Gasteiger partial charge on any atom is -0.383 e. The maximum Gasteiger partial charge on any atom is 0.230 e. The van der Waals surface area contributed by atoms with E-state index in [1.165, 1.54) is 24.6 Å². The molecule has 0 spiro atoms. The van der Waals surface area contributed by atoms with Gasteiger partial charge < -0.3 is 19.7 Å². The Morgan fingerprint density at radius 1 is 1.36 bits per heavy atom. The van der Waals surface area contributed by atoms with E-state index in [0.717, 1.165) is 56.1 Å². The van der Waals surface area contributed by atoms with Crippen molar-refractivity contribution in [1.29, 1.82) is 0 Å². The van der Waals surface area contributed by atoms with Crippen LogP contribution in [0, 0.1) is 5.92 Å². The zero-order valence-electron chi connectivity index (χ0n) is 17.2. The molecule has 2 saturated heterocycles. The Kier molecular flexibility index (Phi) is 7.99. The highest BCUT2D eigenvalue weighted by atomic mass is 32.2. The fraction of sp³-hybridized carbons (Fsp3) is 0.842. The number of ether oxygens (including phenoxy) is 2. The van der Waals surface area contributed by atoms with Gasteiger partial charge in [-0.05, 0) is 38.5 Å². The number of aromatic nitrogens is 3. The van der Waals surface area contributed by atoms with E-state index >= 15 is 0 Å². The monoisotopic (exact) mass is 411 g/mol. The number of piperidine rings is 1. The topological polar surface area (TPSA) is 81.5 Å². The van der Waals surface area contributed by atoms with E-state index in [4.69, 9.17) is 9.47 Å². The van der Waals surface area contributed by atoms with Crippen molar-refractivity contribution in [2.75, 3.05) is 44.1 Å². The van der Waals surface area contributed by atoms with Crippen molar-refractivity contribution >= 4 is 23.6 Å². The van der Waals surface area contributed by atoms with Gasteiger partial charge in [-0.15, -0.1) is 10.2 Å². The molecule has 1 amide bonds. The lowest BCUT2D eigenvalue weighted by Gasteiger charge is -2.31. The summed E-state index contributed by atoms with van der Waals surface area (Å²) in [7, 11) is 1.63. The Morgan fingerprint density at radius 2 is 2.14 bits per heavy atom. The third-order valence-electron chi connectivity index (χ3n) is 5.33. The fourth-order valence-electron chi connectivity index (χ4n) is 3.72. The molecule has 3 heterocycles. The highest BCUT2D eigenvalue weighted by Gasteiger charge is 2.26. The van der Waals surface area contributed by atoms with Crippen molar-refractivity contribution < 1.29 is 14.3 Å². The highest BCUT2D eigenvalue weighted by Crippen LogP contribution is 2.27. The van der Waals surface area contributed by atoms with Crippen LogP contribution in [0.2, 0.25) is 0 Å². The molecule has 2 fully saturated rings. The van der Waals surface area contributed by atoms with Crippen molar-refractivity contribution in [3.63, 3.8) is 0 Å². The molecule has 158 valence electrons. The van der Waals surface area contributed by atoms with Gasteiger partial charge in [0.1, 0.15) is 0 Å². The first-order valence-corrected chi connectivity index (χ1v) is 11.3. The number of methoxy groups -OCH3 is 1. The lowest BCUT2D eigenvalue weighted by molar-refractivity contribution is -0.119. The fourth-order valence-corrected chi connectivity index (χ4v) is 4.47. The predicted molar refractivity (Wildman–Crippen MR) is 110 cm³/mol. The van der Waals surface area contributed by atoms with Gasteiger partial charge in [-0.3, -0.25) is 9.36 Å². The zero-order chi connectivity index (χ0) is 19.9. The van der Waals surface area contributed by atoms with Gasteiger partial charge in [-0.25, -0.2) is 0 Å². The maximum absolute atomic E-state index is 12.2. The molecule has 8 nitrogen and oxygen atoms in total. The Balaban J connectivity index is 1.66. The molecule has 28 heavy (non-hydrogen) atoms. The average Bonchev–Trinajstić information content (AvgIpc) is 3.31. The largest absolute Gasteiger partial charge is 0.383 e. The summed E-state index contributed by atoms with van der Waals surface area (Å²) in [5.74, 6) is 1.97. The number of thioether (sulfide) groups is 1. The molecule has 1 aromatic heterocycles. The number of hydrogen-bond donors (Lipinski definition) is 1. The number of hydrogen-bond acceptors (Lipinski definition) is 7. The van der Waals surface area contributed by atoms with Gasteiger partial charge in [0.2, 0.25) is 11.9 Å². The summed E-state index contributed by atoms with van der Waals surface area (Å²) in [5.41, 5.74) is 0. The molecule has 1 N–H and O–H groups in total. The predicted octanol–water partition coefficient (Wildman–Crippen LogP) is 1.94. The zero-order valence-corrected chi connectivity index (χ0v) is 18.0. The van der Waals surface area contributed by atoms with Gasteiger partial charge in [0.15, 0.2) is 5.16 Å². The molecule has 0 aliphatic carbocycles. The van der Waals surface area contributed by atoms with Crippen LogP contribution in [-0.4, -0.2) is 72.0 Å². The van der Waals surface area contributed by atoms with E-state index < -0.39 is 0 Å². The molecule has 2 aliphatic heterocycles. The van der Waals surface area contributed by atoms with Crippen LogP contribution in [0.4, 0.5) is 5.95 Å². The summed E-state index contributed by atoms with van der Waals surface area (Å²) in [6.07, 6.45) is 4.72. The number of rotatable bonds is 9. The number of amides is 1. The second-order valence-electron chi connectivity index (χ2n) is 7.91. The molecule has 2 aliphatic rings. The van der Waals surface area contributed by atoms with Crippen LogP contribution in [-0.2, 0) is 20.8 Å². The standard InChI is InChI=1S/C19H33N5O3S/c1-14-6-8-23(9-7-14)18-21-22-19(24(18)11-16-5-4-10-27-16)28-13-17(25)20-15(2)12-26-3/h14-16H,4-13H2,1-3H3,(H,20,25). The number of anilines is 1. The van der Waals surface area contributed by atoms with Crippen LogP contribution in [0.5, 0.6) is 0 Å². The van der Waals surface area contributed by atoms with E-state index in [0.29, 0.717) is 12.4 Å². The van der Waals surface area contributed by atoms with E-state index in [1.807, 2.05) is 6.92 Å².